The van der Waals surface area contributed by atoms with Crippen LogP contribution in [0.2, 0.25) is 0 Å². The Hall–Kier alpha value is -3.22. The van der Waals surface area contributed by atoms with Crippen LogP contribution in [0.1, 0.15) is 11.1 Å². The van der Waals surface area contributed by atoms with Gasteiger partial charge in [0.15, 0.2) is 12.6 Å². The highest BCUT2D eigenvalue weighted by Crippen LogP contribution is 2.16. The van der Waals surface area contributed by atoms with E-state index in [0.717, 1.165) is 16.9 Å². The number of hydrogen-bond acceptors (Lipinski definition) is 4. The minimum atomic E-state index is -0.505. The van der Waals surface area contributed by atoms with Crippen LogP contribution in [0.15, 0.2) is 53.5 Å². The molecule has 2 aromatic rings. The van der Waals surface area contributed by atoms with Crippen molar-refractivity contribution in [2.45, 2.75) is 13.1 Å². The normalized spacial score (nSPS) is 10.9. The van der Waals surface area contributed by atoms with Gasteiger partial charge in [-0.2, -0.15) is 0 Å². The molecule has 2 rings (SSSR count). The standard InChI is InChI=1S/C19H24N4O3/c1-21-19(23-12-15-7-3-4-9-17(15)25-2)22-11-14-6-5-8-16(10-14)26-13-18(20)24/h3-10H,11-13H2,1-2H3,(H2,20,24)(H2,21,22,23). The first kappa shape index (κ1) is 19.1. The van der Waals surface area contributed by atoms with Crippen molar-refractivity contribution >= 4 is 11.9 Å². The molecule has 0 aromatic heterocycles. The van der Waals surface area contributed by atoms with Crippen molar-refractivity contribution in [1.29, 1.82) is 0 Å². The summed E-state index contributed by atoms with van der Waals surface area (Å²) in [5.41, 5.74) is 7.12. The zero-order valence-electron chi connectivity index (χ0n) is 15.0. The van der Waals surface area contributed by atoms with Gasteiger partial charge in [0.05, 0.1) is 7.11 Å². The van der Waals surface area contributed by atoms with E-state index in [0.29, 0.717) is 24.8 Å². The largest absolute Gasteiger partial charge is 0.496 e. The van der Waals surface area contributed by atoms with Gasteiger partial charge in [-0.25, -0.2) is 0 Å². The molecule has 26 heavy (non-hydrogen) atoms. The predicted molar refractivity (Wildman–Crippen MR) is 101 cm³/mol. The minimum Gasteiger partial charge on any atom is -0.496 e. The molecule has 0 aliphatic rings. The van der Waals surface area contributed by atoms with Crippen molar-refractivity contribution in [1.82, 2.24) is 10.6 Å². The van der Waals surface area contributed by atoms with Crippen LogP contribution in [-0.4, -0.2) is 32.6 Å². The van der Waals surface area contributed by atoms with E-state index < -0.39 is 5.91 Å². The Labute approximate surface area is 153 Å². The number of aliphatic imine (C=N–C) groups is 1. The average molecular weight is 356 g/mol. The first-order chi connectivity index (χ1) is 12.6. The molecule has 4 N–H and O–H groups in total. The number of hydrogen-bond donors (Lipinski definition) is 3. The van der Waals surface area contributed by atoms with Crippen LogP contribution < -0.4 is 25.8 Å². The lowest BCUT2D eigenvalue weighted by atomic mass is 10.2. The molecule has 7 heteroatoms. The lowest BCUT2D eigenvalue weighted by Gasteiger charge is -2.14. The van der Waals surface area contributed by atoms with Gasteiger partial charge in [-0.05, 0) is 23.8 Å². The Morgan fingerprint density at radius 1 is 1.12 bits per heavy atom. The number of amides is 1. The second kappa shape index (κ2) is 9.93. The van der Waals surface area contributed by atoms with Gasteiger partial charge >= 0.3 is 0 Å². The molecule has 0 spiro atoms. The summed E-state index contributed by atoms with van der Waals surface area (Å²) in [6.45, 7) is 1.00. The Morgan fingerprint density at radius 3 is 2.62 bits per heavy atom. The summed E-state index contributed by atoms with van der Waals surface area (Å²) in [7, 11) is 3.36. The molecule has 7 nitrogen and oxygen atoms in total. The van der Waals surface area contributed by atoms with Crippen molar-refractivity contribution in [3.05, 3.63) is 59.7 Å². The van der Waals surface area contributed by atoms with E-state index in [9.17, 15) is 4.79 Å². The average Bonchev–Trinajstić information content (AvgIpc) is 2.67. The molecule has 138 valence electrons. The molecule has 0 saturated heterocycles. The smallest absolute Gasteiger partial charge is 0.255 e. The summed E-state index contributed by atoms with van der Waals surface area (Å²) < 4.78 is 10.7. The SMILES string of the molecule is CN=C(NCc1cccc(OCC(N)=O)c1)NCc1ccccc1OC. The minimum absolute atomic E-state index is 0.140. The number of ether oxygens (including phenoxy) is 2. The number of para-hydroxylation sites is 1. The van der Waals surface area contributed by atoms with Gasteiger partial charge in [-0.1, -0.05) is 30.3 Å². The maximum absolute atomic E-state index is 10.8. The third-order valence-electron chi connectivity index (χ3n) is 3.60. The topological polar surface area (TPSA) is 98.0 Å². The third-order valence-corrected chi connectivity index (χ3v) is 3.60. The molecule has 0 radical (unpaired) electrons. The van der Waals surface area contributed by atoms with Crippen molar-refractivity contribution in [3.63, 3.8) is 0 Å². The fourth-order valence-corrected chi connectivity index (χ4v) is 2.33. The van der Waals surface area contributed by atoms with E-state index in [-0.39, 0.29) is 6.61 Å². The van der Waals surface area contributed by atoms with Gasteiger partial charge < -0.3 is 25.8 Å². The van der Waals surface area contributed by atoms with Crippen molar-refractivity contribution in [2.24, 2.45) is 10.7 Å². The lowest BCUT2D eigenvalue weighted by molar-refractivity contribution is -0.119. The summed E-state index contributed by atoms with van der Waals surface area (Å²) >= 11 is 0. The van der Waals surface area contributed by atoms with E-state index in [1.165, 1.54) is 0 Å². The quantitative estimate of drug-likeness (QED) is 0.491. The van der Waals surface area contributed by atoms with Gasteiger partial charge in [-0.15, -0.1) is 0 Å². The summed E-state index contributed by atoms with van der Waals surface area (Å²) in [5.74, 6) is 1.59. The molecular weight excluding hydrogens is 332 g/mol. The highest BCUT2D eigenvalue weighted by atomic mass is 16.5. The Bertz CT molecular complexity index is 762. The molecule has 0 fully saturated rings. The molecule has 0 aliphatic carbocycles. The number of benzene rings is 2. The van der Waals surface area contributed by atoms with Gasteiger partial charge in [0, 0.05) is 25.7 Å². The molecule has 0 saturated carbocycles. The first-order valence-corrected chi connectivity index (χ1v) is 8.19. The van der Waals surface area contributed by atoms with Gasteiger partial charge in [-0.3, -0.25) is 9.79 Å². The number of methoxy groups -OCH3 is 1. The molecule has 0 atom stereocenters. The van der Waals surface area contributed by atoms with Crippen molar-refractivity contribution in [3.8, 4) is 11.5 Å². The van der Waals surface area contributed by atoms with E-state index in [2.05, 4.69) is 15.6 Å². The summed E-state index contributed by atoms with van der Waals surface area (Å²) in [4.78, 5) is 15.0. The zero-order chi connectivity index (χ0) is 18.8. The summed E-state index contributed by atoms with van der Waals surface area (Å²) in [5, 5.41) is 6.49. The molecule has 0 heterocycles. The number of nitrogens with zero attached hydrogens (tertiary/aromatic N) is 1. The molecule has 0 unspecified atom stereocenters. The number of primary amides is 1. The van der Waals surface area contributed by atoms with Crippen LogP contribution in [0.25, 0.3) is 0 Å². The van der Waals surface area contributed by atoms with Crippen LogP contribution in [0, 0.1) is 0 Å². The second-order valence-electron chi connectivity index (χ2n) is 5.49. The Kier molecular flexibility index (Phi) is 7.30. The van der Waals surface area contributed by atoms with Crippen molar-refractivity contribution < 1.29 is 14.3 Å². The third kappa shape index (κ3) is 6.01. The number of nitrogens with two attached hydrogens (primary N) is 1. The number of carbonyl (C=O) groups is 1. The molecular formula is C19H24N4O3. The summed E-state index contributed by atoms with van der Waals surface area (Å²) in [6, 6.07) is 15.3. The van der Waals surface area contributed by atoms with E-state index in [1.807, 2.05) is 42.5 Å². The monoisotopic (exact) mass is 356 g/mol. The molecule has 1 amide bonds. The van der Waals surface area contributed by atoms with Crippen LogP contribution in [0.3, 0.4) is 0 Å². The highest BCUT2D eigenvalue weighted by molar-refractivity contribution is 5.79. The van der Waals surface area contributed by atoms with E-state index in [1.54, 1.807) is 20.2 Å². The van der Waals surface area contributed by atoms with Gasteiger partial charge in [0.25, 0.3) is 5.91 Å². The van der Waals surface area contributed by atoms with E-state index >= 15 is 0 Å². The van der Waals surface area contributed by atoms with Crippen LogP contribution >= 0.6 is 0 Å². The van der Waals surface area contributed by atoms with Gasteiger partial charge in [0.2, 0.25) is 0 Å². The van der Waals surface area contributed by atoms with Crippen LogP contribution in [0.5, 0.6) is 11.5 Å². The number of guanidine groups is 1. The highest BCUT2D eigenvalue weighted by Gasteiger charge is 2.04. The molecule has 0 bridgehead atoms. The number of nitrogens with one attached hydrogen (secondary N) is 2. The molecule has 0 aliphatic heterocycles. The zero-order valence-corrected chi connectivity index (χ0v) is 15.0. The summed E-state index contributed by atoms with van der Waals surface area (Å²) in [6.07, 6.45) is 0. The fraction of sp³-hybridized carbons (Fsp3) is 0.263. The maximum atomic E-state index is 10.8. The number of carbonyl (C=O) groups excluding carboxylic acids is 1. The maximum Gasteiger partial charge on any atom is 0.255 e. The number of rotatable bonds is 8. The fourth-order valence-electron chi connectivity index (χ4n) is 2.33. The van der Waals surface area contributed by atoms with Crippen molar-refractivity contribution in [2.75, 3.05) is 20.8 Å². The molecule has 2 aromatic carbocycles. The lowest BCUT2D eigenvalue weighted by Crippen LogP contribution is -2.36. The van der Waals surface area contributed by atoms with E-state index in [4.69, 9.17) is 15.2 Å². The predicted octanol–water partition coefficient (Wildman–Crippen LogP) is 1.42. The Morgan fingerprint density at radius 2 is 1.88 bits per heavy atom. The van der Waals surface area contributed by atoms with Crippen LogP contribution in [-0.2, 0) is 17.9 Å². The second-order valence-corrected chi connectivity index (χ2v) is 5.49. The van der Waals surface area contributed by atoms with Gasteiger partial charge in [0.1, 0.15) is 11.5 Å². The Balaban J connectivity index is 1.89. The van der Waals surface area contributed by atoms with Crippen LogP contribution in [0.4, 0.5) is 0 Å². The first-order valence-electron chi connectivity index (χ1n) is 8.19.